The first-order valence-electron chi connectivity index (χ1n) is 8.09. The van der Waals surface area contributed by atoms with E-state index < -0.39 is 0 Å². The Bertz CT molecular complexity index is 850. The van der Waals surface area contributed by atoms with Crippen molar-refractivity contribution in [2.24, 2.45) is 0 Å². The standard InChI is InChI=1S/C17H22N6O/c1-4-23-16-9-14(6-5-13(16)10-18-23)20-17(24)19-11(2)7-15-8-12(3)21-22-15/h5-6,8-11H,4,7H2,1-3H3,(H,21,22)(H2,19,20,24)/t11-/m1/s1. The van der Waals surface area contributed by atoms with Crippen LogP contribution in [0.15, 0.2) is 30.5 Å². The van der Waals surface area contributed by atoms with Gasteiger partial charge in [0.25, 0.3) is 0 Å². The maximum Gasteiger partial charge on any atom is 0.319 e. The zero-order valence-corrected chi connectivity index (χ0v) is 14.1. The third-order valence-electron chi connectivity index (χ3n) is 3.85. The minimum absolute atomic E-state index is 0.0161. The van der Waals surface area contributed by atoms with Gasteiger partial charge in [-0.15, -0.1) is 0 Å². The van der Waals surface area contributed by atoms with Crippen LogP contribution in [-0.2, 0) is 13.0 Å². The Morgan fingerprint density at radius 3 is 2.92 bits per heavy atom. The lowest BCUT2D eigenvalue weighted by Crippen LogP contribution is -2.37. The fourth-order valence-corrected chi connectivity index (χ4v) is 2.73. The minimum atomic E-state index is -0.225. The predicted molar refractivity (Wildman–Crippen MR) is 94.1 cm³/mol. The molecule has 0 radical (unpaired) electrons. The molecule has 0 aliphatic rings. The number of carbonyl (C=O) groups is 1. The number of carbonyl (C=O) groups excluding carboxylic acids is 1. The van der Waals surface area contributed by atoms with Crippen LogP contribution >= 0.6 is 0 Å². The Kier molecular flexibility index (Phi) is 4.50. The summed E-state index contributed by atoms with van der Waals surface area (Å²) in [7, 11) is 0. The van der Waals surface area contributed by atoms with Gasteiger partial charge in [0.1, 0.15) is 0 Å². The van der Waals surface area contributed by atoms with Crippen molar-refractivity contribution in [1.29, 1.82) is 0 Å². The number of nitrogens with zero attached hydrogens (tertiary/aromatic N) is 3. The molecule has 0 aliphatic carbocycles. The Labute approximate surface area is 140 Å². The molecule has 1 atom stereocenters. The number of H-pyrrole nitrogens is 1. The molecule has 0 saturated carbocycles. The van der Waals surface area contributed by atoms with Crippen molar-refractivity contribution in [3.8, 4) is 0 Å². The van der Waals surface area contributed by atoms with Crippen LogP contribution in [-0.4, -0.2) is 32.1 Å². The van der Waals surface area contributed by atoms with Crippen molar-refractivity contribution in [2.45, 2.75) is 39.8 Å². The fraction of sp³-hybridized carbons (Fsp3) is 0.353. The number of aryl methyl sites for hydroxylation is 2. The van der Waals surface area contributed by atoms with Crippen LogP contribution in [0.5, 0.6) is 0 Å². The molecule has 126 valence electrons. The Morgan fingerprint density at radius 1 is 1.38 bits per heavy atom. The van der Waals surface area contributed by atoms with E-state index in [2.05, 4.69) is 25.9 Å². The van der Waals surface area contributed by atoms with E-state index >= 15 is 0 Å². The largest absolute Gasteiger partial charge is 0.335 e. The Balaban J connectivity index is 1.61. The molecular weight excluding hydrogens is 304 g/mol. The molecule has 3 rings (SSSR count). The topological polar surface area (TPSA) is 87.6 Å². The van der Waals surface area contributed by atoms with E-state index in [1.54, 1.807) is 0 Å². The number of fused-ring (bicyclic) bond motifs is 1. The summed E-state index contributed by atoms with van der Waals surface area (Å²) < 4.78 is 1.90. The third kappa shape index (κ3) is 3.56. The Hall–Kier alpha value is -2.83. The van der Waals surface area contributed by atoms with Crippen LogP contribution in [0.25, 0.3) is 10.9 Å². The second kappa shape index (κ2) is 6.74. The number of hydrogen-bond acceptors (Lipinski definition) is 3. The lowest BCUT2D eigenvalue weighted by atomic mass is 10.2. The molecule has 0 bridgehead atoms. The molecule has 7 heteroatoms. The van der Waals surface area contributed by atoms with Gasteiger partial charge in [0.05, 0.1) is 17.4 Å². The van der Waals surface area contributed by atoms with E-state index in [1.165, 1.54) is 0 Å². The Morgan fingerprint density at radius 2 is 2.21 bits per heavy atom. The first-order chi connectivity index (χ1) is 11.5. The first kappa shape index (κ1) is 16.0. The summed E-state index contributed by atoms with van der Waals surface area (Å²) in [6.07, 6.45) is 2.51. The average molecular weight is 326 g/mol. The minimum Gasteiger partial charge on any atom is -0.335 e. The quantitative estimate of drug-likeness (QED) is 0.673. The summed E-state index contributed by atoms with van der Waals surface area (Å²) in [6.45, 7) is 6.74. The lowest BCUT2D eigenvalue weighted by molar-refractivity contribution is 0.249. The van der Waals surface area contributed by atoms with Crippen molar-refractivity contribution in [3.63, 3.8) is 0 Å². The van der Waals surface area contributed by atoms with Crippen molar-refractivity contribution in [3.05, 3.63) is 41.9 Å². The smallest absolute Gasteiger partial charge is 0.319 e. The molecule has 7 nitrogen and oxygen atoms in total. The van der Waals surface area contributed by atoms with Gasteiger partial charge in [0.2, 0.25) is 0 Å². The normalized spacial score (nSPS) is 12.3. The number of benzene rings is 1. The highest BCUT2D eigenvalue weighted by molar-refractivity contribution is 5.92. The number of urea groups is 1. The van der Waals surface area contributed by atoms with Crippen LogP contribution < -0.4 is 10.6 Å². The van der Waals surface area contributed by atoms with E-state index in [1.807, 2.05) is 55.9 Å². The molecule has 24 heavy (non-hydrogen) atoms. The number of amides is 2. The van der Waals surface area contributed by atoms with Crippen molar-refractivity contribution >= 4 is 22.6 Å². The predicted octanol–water partition coefficient (Wildman–Crippen LogP) is 2.84. The van der Waals surface area contributed by atoms with Gasteiger partial charge in [0, 0.05) is 35.8 Å². The summed E-state index contributed by atoms with van der Waals surface area (Å²) in [4.78, 5) is 12.2. The second-order valence-corrected chi connectivity index (χ2v) is 5.98. The van der Waals surface area contributed by atoms with Gasteiger partial charge in [-0.05, 0) is 45.0 Å². The van der Waals surface area contributed by atoms with Gasteiger partial charge in [-0.2, -0.15) is 10.2 Å². The number of nitrogens with one attached hydrogen (secondary N) is 3. The monoisotopic (exact) mass is 326 g/mol. The van der Waals surface area contributed by atoms with E-state index in [9.17, 15) is 4.79 Å². The molecule has 0 spiro atoms. The number of rotatable bonds is 5. The molecule has 0 saturated heterocycles. The zero-order valence-electron chi connectivity index (χ0n) is 14.1. The molecule has 0 fully saturated rings. The number of hydrogen-bond donors (Lipinski definition) is 3. The highest BCUT2D eigenvalue weighted by atomic mass is 16.2. The molecule has 2 aromatic heterocycles. The van der Waals surface area contributed by atoms with E-state index in [-0.39, 0.29) is 12.1 Å². The van der Waals surface area contributed by atoms with Gasteiger partial charge < -0.3 is 10.6 Å². The lowest BCUT2D eigenvalue weighted by Gasteiger charge is -2.13. The van der Waals surface area contributed by atoms with Crippen molar-refractivity contribution in [2.75, 3.05) is 5.32 Å². The molecule has 2 heterocycles. The SMILES string of the molecule is CCn1ncc2ccc(NC(=O)N[C@H](C)Cc3cc(C)[nH]n3)cc21. The fourth-order valence-electron chi connectivity index (χ4n) is 2.73. The van der Waals surface area contributed by atoms with Gasteiger partial charge in [-0.3, -0.25) is 9.78 Å². The van der Waals surface area contributed by atoms with Gasteiger partial charge >= 0.3 is 6.03 Å². The highest BCUT2D eigenvalue weighted by Crippen LogP contribution is 2.19. The maximum atomic E-state index is 12.2. The maximum absolute atomic E-state index is 12.2. The zero-order chi connectivity index (χ0) is 17.1. The average Bonchev–Trinajstić information content (AvgIpc) is 3.12. The van der Waals surface area contributed by atoms with Crippen LogP contribution in [0.4, 0.5) is 10.5 Å². The first-order valence-corrected chi connectivity index (χ1v) is 8.09. The summed E-state index contributed by atoms with van der Waals surface area (Å²) in [6, 6.07) is 7.52. The molecular formula is C17H22N6O. The molecule has 1 aromatic carbocycles. The molecule has 3 aromatic rings. The van der Waals surface area contributed by atoms with E-state index in [0.717, 1.165) is 34.5 Å². The third-order valence-corrected chi connectivity index (χ3v) is 3.85. The molecule has 2 amide bonds. The summed E-state index contributed by atoms with van der Waals surface area (Å²) in [5, 5.41) is 18.3. The van der Waals surface area contributed by atoms with Gasteiger partial charge in [-0.25, -0.2) is 4.79 Å². The summed E-state index contributed by atoms with van der Waals surface area (Å²) in [5.41, 5.74) is 3.71. The van der Waals surface area contributed by atoms with Crippen LogP contribution in [0.2, 0.25) is 0 Å². The van der Waals surface area contributed by atoms with Crippen molar-refractivity contribution in [1.82, 2.24) is 25.3 Å². The van der Waals surface area contributed by atoms with Gasteiger partial charge in [-0.1, -0.05) is 0 Å². The van der Waals surface area contributed by atoms with Crippen LogP contribution in [0.1, 0.15) is 25.2 Å². The van der Waals surface area contributed by atoms with Gasteiger partial charge in [0.15, 0.2) is 0 Å². The number of aromatic nitrogens is 4. The molecule has 3 N–H and O–H groups in total. The number of aromatic amines is 1. The van der Waals surface area contributed by atoms with Crippen molar-refractivity contribution < 1.29 is 4.79 Å². The molecule has 0 aliphatic heterocycles. The van der Waals surface area contributed by atoms with E-state index in [0.29, 0.717) is 6.42 Å². The van der Waals surface area contributed by atoms with Crippen LogP contribution in [0.3, 0.4) is 0 Å². The second-order valence-electron chi connectivity index (χ2n) is 5.98. The van der Waals surface area contributed by atoms with E-state index in [4.69, 9.17) is 0 Å². The number of anilines is 1. The molecule has 0 unspecified atom stereocenters. The summed E-state index contributed by atoms with van der Waals surface area (Å²) in [5.74, 6) is 0. The highest BCUT2D eigenvalue weighted by Gasteiger charge is 2.11. The van der Waals surface area contributed by atoms with Crippen LogP contribution in [0, 0.1) is 6.92 Å². The summed E-state index contributed by atoms with van der Waals surface area (Å²) >= 11 is 0.